The summed E-state index contributed by atoms with van der Waals surface area (Å²) in [5.74, 6) is -0.435. The largest absolute Gasteiger partial charge is 0.369 e. The third-order valence-electron chi connectivity index (χ3n) is 5.44. The summed E-state index contributed by atoms with van der Waals surface area (Å²) in [7, 11) is -3.61. The summed E-state index contributed by atoms with van der Waals surface area (Å²) >= 11 is 1.14. The second-order valence-electron chi connectivity index (χ2n) is 7.68. The molecule has 3 aromatic rings. The molecule has 2 aromatic carbocycles. The number of carbonyl (C=O) groups excluding carboxylic acids is 1. The maximum Gasteiger partial charge on any atom is 0.271 e. The van der Waals surface area contributed by atoms with Crippen LogP contribution in [0, 0.1) is 5.82 Å². The van der Waals surface area contributed by atoms with Gasteiger partial charge in [0.1, 0.15) is 10.0 Å². The fourth-order valence-electron chi connectivity index (χ4n) is 3.62. The molecule has 1 aliphatic heterocycles. The molecule has 2 heterocycles. The summed E-state index contributed by atoms with van der Waals surface area (Å²) < 4.78 is 40.4. The van der Waals surface area contributed by atoms with Gasteiger partial charge in [-0.3, -0.25) is 14.4 Å². The van der Waals surface area contributed by atoms with Crippen molar-refractivity contribution in [3.63, 3.8) is 0 Å². The minimum absolute atomic E-state index is 0.201. The minimum atomic E-state index is -3.61. The molecule has 0 unspecified atom stereocenters. The Morgan fingerprint density at radius 3 is 2.30 bits per heavy atom. The highest BCUT2D eigenvalue weighted by molar-refractivity contribution is 7.94. The van der Waals surface area contributed by atoms with Gasteiger partial charge in [-0.2, -0.15) is 0 Å². The third kappa shape index (κ3) is 6.10. The number of anilines is 2. The van der Waals surface area contributed by atoms with Crippen LogP contribution in [-0.2, 0) is 10.0 Å². The second-order valence-corrected chi connectivity index (χ2v) is 10.5. The zero-order valence-corrected chi connectivity index (χ0v) is 19.5. The van der Waals surface area contributed by atoms with Crippen molar-refractivity contribution < 1.29 is 17.6 Å². The first-order valence-electron chi connectivity index (χ1n) is 10.6. The Hall–Kier alpha value is -2.95. The van der Waals surface area contributed by atoms with E-state index in [1.807, 2.05) is 0 Å². The number of halogens is 1. The van der Waals surface area contributed by atoms with E-state index in [1.54, 1.807) is 47.8 Å². The molecule has 1 fully saturated rings. The molecule has 10 heteroatoms. The van der Waals surface area contributed by atoms with Crippen molar-refractivity contribution in [3.8, 4) is 0 Å². The van der Waals surface area contributed by atoms with Crippen molar-refractivity contribution in [1.29, 1.82) is 0 Å². The van der Waals surface area contributed by atoms with Crippen molar-refractivity contribution in [2.45, 2.75) is 4.21 Å². The number of amides is 1. The first-order chi connectivity index (χ1) is 15.9. The normalized spacial score (nSPS) is 14.8. The highest BCUT2D eigenvalue weighted by Gasteiger charge is 2.18. The van der Waals surface area contributed by atoms with Gasteiger partial charge >= 0.3 is 0 Å². The van der Waals surface area contributed by atoms with Crippen molar-refractivity contribution in [3.05, 3.63) is 77.4 Å². The van der Waals surface area contributed by atoms with E-state index in [4.69, 9.17) is 0 Å². The van der Waals surface area contributed by atoms with Crippen LogP contribution in [0.2, 0.25) is 0 Å². The summed E-state index contributed by atoms with van der Waals surface area (Å²) in [6.45, 7) is 4.69. The molecule has 7 nitrogen and oxygen atoms in total. The zero-order chi connectivity index (χ0) is 23.3. The summed E-state index contributed by atoms with van der Waals surface area (Å²) in [5.41, 5.74) is 1.89. The van der Waals surface area contributed by atoms with Crippen LogP contribution in [0.1, 0.15) is 10.4 Å². The average Bonchev–Trinajstić information content (AvgIpc) is 3.37. The first-order valence-corrected chi connectivity index (χ1v) is 12.9. The SMILES string of the molecule is O=C(NCCN1CCN(c2ccc(F)cc2)CC1)c1ccc(NS(=O)(=O)c2cccs2)cc1. The number of sulfonamides is 1. The molecule has 0 spiro atoms. The van der Waals surface area contributed by atoms with Crippen LogP contribution < -0.4 is 14.9 Å². The van der Waals surface area contributed by atoms with Crippen LogP contribution >= 0.6 is 11.3 Å². The van der Waals surface area contributed by atoms with Gasteiger partial charge in [0.2, 0.25) is 0 Å². The lowest BCUT2D eigenvalue weighted by atomic mass is 10.2. The second kappa shape index (κ2) is 10.3. The number of hydrogen-bond acceptors (Lipinski definition) is 6. The van der Waals surface area contributed by atoms with Gasteiger partial charge in [0, 0.05) is 56.2 Å². The summed E-state index contributed by atoms with van der Waals surface area (Å²) in [6, 6.07) is 16.1. The van der Waals surface area contributed by atoms with Crippen LogP contribution in [0.5, 0.6) is 0 Å². The van der Waals surface area contributed by atoms with Crippen LogP contribution in [0.15, 0.2) is 70.3 Å². The van der Waals surface area contributed by atoms with Gasteiger partial charge in [-0.1, -0.05) is 6.07 Å². The zero-order valence-electron chi connectivity index (χ0n) is 17.9. The van der Waals surface area contributed by atoms with E-state index in [-0.39, 0.29) is 15.9 Å². The smallest absolute Gasteiger partial charge is 0.271 e. The lowest BCUT2D eigenvalue weighted by Crippen LogP contribution is -2.48. The molecule has 33 heavy (non-hydrogen) atoms. The third-order valence-corrected chi connectivity index (χ3v) is 8.22. The molecule has 1 amide bonds. The number of carbonyl (C=O) groups is 1. The van der Waals surface area contributed by atoms with Crippen molar-refractivity contribution in [1.82, 2.24) is 10.2 Å². The summed E-state index contributed by atoms with van der Waals surface area (Å²) in [4.78, 5) is 16.9. The van der Waals surface area contributed by atoms with E-state index >= 15 is 0 Å². The number of benzene rings is 2. The van der Waals surface area contributed by atoms with Crippen LogP contribution in [0.3, 0.4) is 0 Å². The Balaban J connectivity index is 1.20. The number of thiophene rings is 1. The Labute approximate surface area is 196 Å². The van der Waals surface area contributed by atoms with Gasteiger partial charge in [0.25, 0.3) is 15.9 Å². The maximum atomic E-state index is 13.1. The Morgan fingerprint density at radius 2 is 1.67 bits per heavy atom. The van der Waals surface area contributed by atoms with E-state index in [9.17, 15) is 17.6 Å². The Bertz CT molecular complexity index is 1160. The fraction of sp³-hybridized carbons (Fsp3) is 0.261. The van der Waals surface area contributed by atoms with E-state index in [0.29, 0.717) is 17.8 Å². The molecule has 1 aliphatic rings. The molecule has 2 N–H and O–H groups in total. The van der Waals surface area contributed by atoms with Gasteiger partial charge in [-0.15, -0.1) is 11.3 Å². The minimum Gasteiger partial charge on any atom is -0.369 e. The monoisotopic (exact) mass is 488 g/mol. The van der Waals surface area contributed by atoms with Gasteiger partial charge < -0.3 is 10.2 Å². The Kier molecular flexibility index (Phi) is 7.26. The molecule has 0 radical (unpaired) electrons. The van der Waals surface area contributed by atoms with Crippen molar-refractivity contribution >= 4 is 38.6 Å². The number of piperazine rings is 1. The fourth-order valence-corrected chi connectivity index (χ4v) is 5.67. The van der Waals surface area contributed by atoms with Crippen molar-refractivity contribution in [2.24, 2.45) is 0 Å². The van der Waals surface area contributed by atoms with E-state index in [1.165, 1.54) is 18.2 Å². The molecule has 0 aliphatic carbocycles. The average molecular weight is 489 g/mol. The standard InChI is InChI=1S/C23H25FN4O3S2/c24-19-5-9-21(10-6-19)28-15-13-27(14-16-28)12-11-25-23(29)18-3-7-20(8-4-18)26-33(30,31)22-2-1-17-32-22/h1-10,17,26H,11-16H2,(H,25,29). The number of nitrogens with zero attached hydrogens (tertiary/aromatic N) is 2. The first kappa shape index (κ1) is 23.2. The molecule has 1 saturated heterocycles. The maximum absolute atomic E-state index is 13.1. The molecule has 0 saturated carbocycles. The van der Waals surface area contributed by atoms with Crippen molar-refractivity contribution in [2.75, 3.05) is 48.9 Å². The molecule has 1 aromatic heterocycles. The van der Waals surface area contributed by atoms with Crippen LogP contribution in [0.4, 0.5) is 15.8 Å². The van der Waals surface area contributed by atoms with Crippen LogP contribution in [-0.4, -0.2) is 58.5 Å². The summed E-state index contributed by atoms with van der Waals surface area (Å²) in [5, 5.41) is 4.61. The van der Waals surface area contributed by atoms with Gasteiger partial charge in [0.05, 0.1) is 0 Å². The predicted octanol–water partition coefficient (Wildman–Crippen LogP) is 3.24. The predicted molar refractivity (Wildman–Crippen MR) is 129 cm³/mol. The molecular weight excluding hydrogens is 463 g/mol. The molecule has 4 rings (SSSR count). The quantitative estimate of drug-likeness (QED) is 0.509. The van der Waals surface area contributed by atoms with E-state index in [2.05, 4.69) is 19.8 Å². The molecule has 0 bridgehead atoms. The topological polar surface area (TPSA) is 81.8 Å². The highest BCUT2D eigenvalue weighted by Crippen LogP contribution is 2.20. The van der Waals surface area contributed by atoms with E-state index in [0.717, 1.165) is 49.7 Å². The number of rotatable bonds is 8. The number of nitrogens with one attached hydrogen (secondary N) is 2. The number of hydrogen-bond donors (Lipinski definition) is 2. The van der Waals surface area contributed by atoms with E-state index < -0.39 is 10.0 Å². The van der Waals surface area contributed by atoms with Gasteiger partial charge in [-0.25, -0.2) is 12.8 Å². The van der Waals surface area contributed by atoms with Gasteiger partial charge in [0.15, 0.2) is 0 Å². The molecule has 174 valence electrons. The molecular formula is C23H25FN4O3S2. The Morgan fingerprint density at radius 1 is 0.970 bits per heavy atom. The lowest BCUT2D eigenvalue weighted by molar-refractivity contribution is 0.0948. The highest BCUT2D eigenvalue weighted by atomic mass is 32.2. The lowest BCUT2D eigenvalue weighted by Gasteiger charge is -2.36. The molecule has 0 atom stereocenters. The summed E-state index contributed by atoms with van der Waals surface area (Å²) in [6.07, 6.45) is 0. The van der Waals surface area contributed by atoms with Crippen LogP contribution in [0.25, 0.3) is 0 Å². The van der Waals surface area contributed by atoms with Gasteiger partial charge in [-0.05, 0) is 60.0 Å².